The van der Waals surface area contributed by atoms with Crippen molar-refractivity contribution in [1.82, 2.24) is 15.0 Å². The summed E-state index contributed by atoms with van der Waals surface area (Å²) in [6.07, 6.45) is -0.114. The van der Waals surface area contributed by atoms with Gasteiger partial charge in [0.05, 0.1) is 12.1 Å². The number of hydrogen-bond acceptors (Lipinski definition) is 3. The Kier molecular flexibility index (Phi) is 3.41. The van der Waals surface area contributed by atoms with E-state index in [2.05, 4.69) is 10.3 Å². The SMILES string of the molecule is CC(C)n1nnc(CC(=O)O)c1-c1ccccc1. The molecule has 0 saturated heterocycles. The van der Waals surface area contributed by atoms with Crippen LogP contribution in [-0.4, -0.2) is 26.1 Å². The predicted molar refractivity (Wildman–Crippen MR) is 67.2 cm³/mol. The summed E-state index contributed by atoms with van der Waals surface area (Å²) >= 11 is 0. The van der Waals surface area contributed by atoms with Crippen molar-refractivity contribution in [2.45, 2.75) is 26.3 Å². The Hall–Kier alpha value is -2.17. The van der Waals surface area contributed by atoms with E-state index in [1.54, 1.807) is 4.68 Å². The first-order valence-corrected chi connectivity index (χ1v) is 5.81. The number of carbonyl (C=O) groups is 1. The average Bonchev–Trinajstić information content (AvgIpc) is 2.73. The van der Waals surface area contributed by atoms with E-state index in [9.17, 15) is 4.79 Å². The molecule has 0 atom stereocenters. The number of benzene rings is 1. The standard InChI is InChI=1S/C13H15N3O2/c1-9(2)16-13(10-6-4-3-5-7-10)11(14-15-16)8-12(17)18/h3-7,9H,8H2,1-2H3,(H,17,18). The maximum atomic E-state index is 10.9. The van der Waals surface area contributed by atoms with Crippen LogP contribution >= 0.6 is 0 Å². The second kappa shape index (κ2) is 5.00. The number of aromatic nitrogens is 3. The Morgan fingerprint density at radius 2 is 2.00 bits per heavy atom. The summed E-state index contributed by atoms with van der Waals surface area (Å²) in [5.74, 6) is -0.900. The van der Waals surface area contributed by atoms with Gasteiger partial charge in [0.25, 0.3) is 0 Å². The number of aliphatic carboxylic acids is 1. The molecular weight excluding hydrogens is 230 g/mol. The third-order valence-electron chi connectivity index (χ3n) is 2.62. The molecule has 0 aliphatic heterocycles. The molecule has 1 N–H and O–H groups in total. The minimum Gasteiger partial charge on any atom is -0.481 e. The van der Waals surface area contributed by atoms with Crippen molar-refractivity contribution >= 4 is 5.97 Å². The van der Waals surface area contributed by atoms with Gasteiger partial charge in [0, 0.05) is 11.6 Å². The fourth-order valence-electron chi connectivity index (χ4n) is 1.85. The van der Waals surface area contributed by atoms with Crippen molar-refractivity contribution in [2.75, 3.05) is 0 Å². The number of rotatable bonds is 4. The van der Waals surface area contributed by atoms with E-state index in [-0.39, 0.29) is 12.5 Å². The molecule has 5 nitrogen and oxygen atoms in total. The second-order valence-electron chi connectivity index (χ2n) is 4.36. The van der Waals surface area contributed by atoms with Crippen LogP contribution < -0.4 is 0 Å². The van der Waals surface area contributed by atoms with Gasteiger partial charge in [-0.15, -0.1) is 5.10 Å². The quantitative estimate of drug-likeness (QED) is 0.896. The third kappa shape index (κ3) is 2.40. The van der Waals surface area contributed by atoms with Gasteiger partial charge in [-0.25, -0.2) is 4.68 Å². The van der Waals surface area contributed by atoms with Crippen molar-refractivity contribution < 1.29 is 9.90 Å². The number of nitrogens with zero attached hydrogens (tertiary/aromatic N) is 3. The van der Waals surface area contributed by atoms with E-state index in [1.807, 2.05) is 44.2 Å². The van der Waals surface area contributed by atoms with Gasteiger partial charge in [-0.1, -0.05) is 35.5 Å². The zero-order valence-corrected chi connectivity index (χ0v) is 10.4. The molecule has 2 rings (SSSR count). The average molecular weight is 245 g/mol. The van der Waals surface area contributed by atoms with Gasteiger partial charge in [-0.3, -0.25) is 4.79 Å². The fourth-order valence-corrected chi connectivity index (χ4v) is 1.85. The normalized spacial score (nSPS) is 10.8. The second-order valence-corrected chi connectivity index (χ2v) is 4.36. The summed E-state index contributed by atoms with van der Waals surface area (Å²) in [5, 5.41) is 16.9. The van der Waals surface area contributed by atoms with Crippen LogP contribution in [0, 0.1) is 0 Å². The summed E-state index contributed by atoms with van der Waals surface area (Å²) in [7, 11) is 0. The van der Waals surface area contributed by atoms with Crippen LogP contribution in [0.25, 0.3) is 11.3 Å². The highest BCUT2D eigenvalue weighted by Crippen LogP contribution is 2.25. The first-order chi connectivity index (χ1) is 8.59. The van der Waals surface area contributed by atoms with Gasteiger partial charge in [0.1, 0.15) is 5.69 Å². The Balaban J connectivity index is 2.54. The van der Waals surface area contributed by atoms with E-state index in [4.69, 9.17) is 5.11 Å². The molecule has 0 fully saturated rings. The third-order valence-corrected chi connectivity index (χ3v) is 2.62. The van der Waals surface area contributed by atoms with E-state index < -0.39 is 5.97 Å². The summed E-state index contributed by atoms with van der Waals surface area (Å²) in [4.78, 5) is 10.9. The number of carboxylic acids is 1. The molecule has 0 unspecified atom stereocenters. The molecular formula is C13H15N3O2. The van der Waals surface area contributed by atoms with Crippen LogP contribution in [0.3, 0.4) is 0 Å². The van der Waals surface area contributed by atoms with Gasteiger partial charge in [-0.2, -0.15) is 0 Å². The zero-order chi connectivity index (χ0) is 13.1. The molecule has 5 heteroatoms. The van der Waals surface area contributed by atoms with Gasteiger partial charge in [-0.05, 0) is 13.8 Å². The summed E-state index contributed by atoms with van der Waals surface area (Å²) < 4.78 is 1.76. The van der Waals surface area contributed by atoms with Crippen LogP contribution in [0.2, 0.25) is 0 Å². The van der Waals surface area contributed by atoms with Crippen molar-refractivity contribution in [1.29, 1.82) is 0 Å². The van der Waals surface area contributed by atoms with Crippen LogP contribution in [-0.2, 0) is 11.2 Å². The largest absolute Gasteiger partial charge is 0.481 e. The molecule has 0 aliphatic rings. The van der Waals surface area contributed by atoms with Crippen LogP contribution in [0.4, 0.5) is 0 Å². The summed E-state index contributed by atoms with van der Waals surface area (Å²) in [6, 6.07) is 9.75. The maximum Gasteiger partial charge on any atom is 0.309 e. The minimum atomic E-state index is -0.900. The molecule has 0 bridgehead atoms. The molecule has 1 aromatic carbocycles. The van der Waals surface area contributed by atoms with Crippen LogP contribution in [0.5, 0.6) is 0 Å². The molecule has 1 heterocycles. The van der Waals surface area contributed by atoms with E-state index in [0.717, 1.165) is 11.3 Å². The van der Waals surface area contributed by atoms with Crippen molar-refractivity contribution in [3.63, 3.8) is 0 Å². The molecule has 0 saturated carbocycles. The predicted octanol–water partition coefficient (Wildman–Crippen LogP) is 2.15. The van der Waals surface area contributed by atoms with Crippen LogP contribution in [0.1, 0.15) is 25.6 Å². The lowest BCUT2D eigenvalue weighted by atomic mass is 10.1. The summed E-state index contributed by atoms with van der Waals surface area (Å²) in [6.45, 7) is 3.98. The number of hydrogen-bond donors (Lipinski definition) is 1. The fraction of sp³-hybridized carbons (Fsp3) is 0.308. The highest BCUT2D eigenvalue weighted by molar-refractivity contribution is 5.73. The minimum absolute atomic E-state index is 0.114. The Morgan fingerprint density at radius 1 is 1.33 bits per heavy atom. The number of carboxylic acid groups (broad SMARTS) is 1. The van der Waals surface area contributed by atoms with Gasteiger partial charge in [0.2, 0.25) is 0 Å². The molecule has 18 heavy (non-hydrogen) atoms. The molecule has 0 spiro atoms. The Bertz CT molecular complexity index is 547. The molecule has 0 radical (unpaired) electrons. The van der Waals surface area contributed by atoms with Gasteiger partial charge in [0.15, 0.2) is 0 Å². The highest BCUT2D eigenvalue weighted by atomic mass is 16.4. The smallest absolute Gasteiger partial charge is 0.309 e. The molecule has 0 amide bonds. The maximum absolute atomic E-state index is 10.9. The lowest BCUT2D eigenvalue weighted by molar-refractivity contribution is -0.136. The molecule has 1 aromatic heterocycles. The lowest BCUT2D eigenvalue weighted by Crippen LogP contribution is -2.07. The Labute approximate surface area is 105 Å². The Morgan fingerprint density at radius 3 is 2.56 bits per heavy atom. The highest BCUT2D eigenvalue weighted by Gasteiger charge is 2.18. The lowest BCUT2D eigenvalue weighted by Gasteiger charge is -2.10. The van der Waals surface area contributed by atoms with Crippen molar-refractivity contribution in [2.24, 2.45) is 0 Å². The van der Waals surface area contributed by atoms with Crippen LogP contribution in [0.15, 0.2) is 30.3 Å². The summed E-state index contributed by atoms with van der Waals surface area (Å²) in [5.41, 5.74) is 2.22. The van der Waals surface area contributed by atoms with E-state index in [0.29, 0.717) is 5.69 Å². The van der Waals surface area contributed by atoms with E-state index in [1.165, 1.54) is 0 Å². The first-order valence-electron chi connectivity index (χ1n) is 5.81. The monoisotopic (exact) mass is 245 g/mol. The topological polar surface area (TPSA) is 68.0 Å². The molecule has 0 aliphatic carbocycles. The zero-order valence-electron chi connectivity index (χ0n) is 10.4. The molecule has 2 aromatic rings. The van der Waals surface area contributed by atoms with Gasteiger partial charge >= 0.3 is 5.97 Å². The van der Waals surface area contributed by atoms with Gasteiger partial charge < -0.3 is 5.11 Å². The van der Waals surface area contributed by atoms with E-state index >= 15 is 0 Å². The first kappa shape index (κ1) is 12.3. The molecule has 94 valence electrons. The van der Waals surface area contributed by atoms with Crippen molar-refractivity contribution in [3.05, 3.63) is 36.0 Å². The van der Waals surface area contributed by atoms with Crippen molar-refractivity contribution in [3.8, 4) is 11.3 Å².